The van der Waals surface area contributed by atoms with Crippen molar-refractivity contribution in [3.63, 3.8) is 0 Å². The van der Waals surface area contributed by atoms with E-state index in [9.17, 15) is 4.79 Å². The predicted octanol–water partition coefficient (Wildman–Crippen LogP) is 2.88. The van der Waals surface area contributed by atoms with Crippen molar-refractivity contribution in [1.29, 1.82) is 0 Å². The van der Waals surface area contributed by atoms with Crippen LogP contribution in [0.4, 0.5) is 0 Å². The van der Waals surface area contributed by atoms with Crippen LogP contribution in [-0.2, 0) is 4.79 Å². The van der Waals surface area contributed by atoms with Crippen LogP contribution in [0.2, 0.25) is 0 Å². The molecule has 0 aromatic carbocycles. The van der Waals surface area contributed by atoms with Gasteiger partial charge in [-0.2, -0.15) is 0 Å². The molecule has 0 aliphatic heterocycles. The molecular formula is C14H21NO3. The smallest absolute Gasteiger partial charge is 0.306 e. The van der Waals surface area contributed by atoms with E-state index < -0.39 is 5.97 Å². The second-order valence-corrected chi connectivity index (χ2v) is 5.24. The van der Waals surface area contributed by atoms with E-state index in [1.165, 1.54) is 0 Å². The summed E-state index contributed by atoms with van der Waals surface area (Å²) in [6, 6.07) is 4.34. The Morgan fingerprint density at radius 1 is 1.50 bits per heavy atom. The van der Waals surface area contributed by atoms with Gasteiger partial charge >= 0.3 is 5.97 Å². The first-order chi connectivity index (χ1) is 8.56. The number of carboxylic acid groups (broad SMARTS) is 1. The molecule has 1 fully saturated rings. The summed E-state index contributed by atoms with van der Waals surface area (Å²) in [5.74, 6) is 0.973. The Balaban J connectivity index is 1.91. The molecule has 4 heteroatoms. The number of aryl methyl sites for hydroxylation is 1. The minimum atomic E-state index is -0.664. The second kappa shape index (κ2) is 5.57. The van der Waals surface area contributed by atoms with Crippen molar-refractivity contribution < 1.29 is 14.3 Å². The normalized spacial score (nSPS) is 25.9. The summed E-state index contributed by atoms with van der Waals surface area (Å²) in [7, 11) is 0. The molecule has 1 aliphatic carbocycles. The highest BCUT2D eigenvalue weighted by molar-refractivity contribution is 5.70. The topological polar surface area (TPSA) is 62.5 Å². The van der Waals surface area contributed by atoms with E-state index in [1.54, 1.807) is 0 Å². The first-order valence-electron chi connectivity index (χ1n) is 6.61. The summed E-state index contributed by atoms with van der Waals surface area (Å²) < 4.78 is 5.58. The SMILES string of the molecule is Cc1ccc(C(C)NC2CCCC(C(=O)O)C2)o1. The summed E-state index contributed by atoms with van der Waals surface area (Å²) >= 11 is 0. The number of furan rings is 1. The maximum absolute atomic E-state index is 11.0. The zero-order chi connectivity index (χ0) is 13.1. The molecule has 1 aliphatic rings. The highest BCUT2D eigenvalue weighted by Gasteiger charge is 2.28. The molecule has 100 valence electrons. The molecular weight excluding hydrogens is 230 g/mol. The number of aliphatic carboxylic acids is 1. The Morgan fingerprint density at radius 2 is 2.28 bits per heavy atom. The van der Waals surface area contributed by atoms with Crippen molar-refractivity contribution >= 4 is 5.97 Å². The Bertz CT molecular complexity index is 413. The fraction of sp³-hybridized carbons (Fsp3) is 0.643. The van der Waals surface area contributed by atoms with Gasteiger partial charge in [-0.05, 0) is 45.2 Å². The zero-order valence-corrected chi connectivity index (χ0v) is 11.0. The average molecular weight is 251 g/mol. The lowest BCUT2D eigenvalue weighted by atomic mass is 9.85. The van der Waals surface area contributed by atoms with Crippen molar-refractivity contribution in [2.75, 3.05) is 0 Å². The Morgan fingerprint density at radius 3 is 2.89 bits per heavy atom. The minimum Gasteiger partial charge on any atom is -0.481 e. The summed E-state index contributed by atoms with van der Waals surface area (Å²) in [6.07, 6.45) is 3.56. The molecule has 0 radical (unpaired) electrons. The highest BCUT2D eigenvalue weighted by atomic mass is 16.4. The fourth-order valence-corrected chi connectivity index (χ4v) is 2.69. The monoisotopic (exact) mass is 251 g/mol. The molecule has 18 heavy (non-hydrogen) atoms. The van der Waals surface area contributed by atoms with Gasteiger partial charge in [-0.1, -0.05) is 6.42 Å². The third-order valence-corrected chi connectivity index (χ3v) is 3.70. The second-order valence-electron chi connectivity index (χ2n) is 5.24. The molecule has 2 rings (SSSR count). The van der Waals surface area contributed by atoms with E-state index in [1.807, 2.05) is 19.1 Å². The molecule has 3 unspecified atom stereocenters. The minimum absolute atomic E-state index is 0.135. The van der Waals surface area contributed by atoms with Crippen molar-refractivity contribution in [2.24, 2.45) is 5.92 Å². The van der Waals surface area contributed by atoms with Crippen LogP contribution in [0.1, 0.15) is 50.2 Å². The lowest BCUT2D eigenvalue weighted by Gasteiger charge is -2.29. The third kappa shape index (κ3) is 3.13. The first kappa shape index (κ1) is 13.1. The number of carbonyl (C=O) groups is 1. The number of hydrogen-bond acceptors (Lipinski definition) is 3. The van der Waals surface area contributed by atoms with Gasteiger partial charge in [0.05, 0.1) is 12.0 Å². The van der Waals surface area contributed by atoms with Crippen LogP contribution in [0.25, 0.3) is 0 Å². The van der Waals surface area contributed by atoms with Gasteiger partial charge in [0.1, 0.15) is 11.5 Å². The maximum atomic E-state index is 11.0. The number of nitrogens with one attached hydrogen (secondary N) is 1. The lowest BCUT2D eigenvalue weighted by molar-refractivity contribution is -0.143. The van der Waals surface area contributed by atoms with Gasteiger partial charge in [0.15, 0.2) is 0 Å². The quantitative estimate of drug-likeness (QED) is 0.863. The molecule has 4 nitrogen and oxygen atoms in total. The Kier molecular flexibility index (Phi) is 4.07. The Labute approximate surface area is 107 Å². The van der Waals surface area contributed by atoms with Crippen molar-refractivity contribution in [3.05, 3.63) is 23.7 Å². The first-order valence-corrected chi connectivity index (χ1v) is 6.61. The Hall–Kier alpha value is -1.29. The maximum Gasteiger partial charge on any atom is 0.306 e. The van der Waals surface area contributed by atoms with Gasteiger partial charge in [-0.3, -0.25) is 4.79 Å². The van der Waals surface area contributed by atoms with E-state index >= 15 is 0 Å². The van der Waals surface area contributed by atoms with Crippen LogP contribution in [-0.4, -0.2) is 17.1 Å². The molecule has 0 bridgehead atoms. The van der Waals surface area contributed by atoms with E-state index in [0.29, 0.717) is 0 Å². The zero-order valence-electron chi connectivity index (χ0n) is 11.0. The van der Waals surface area contributed by atoms with Gasteiger partial charge in [0.2, 0.25) is 0 Å². The summed E-state index contributed by atoms with van der Waals surface area (Å²) in [5.41, 5.74) is 0. The van der Waals surface area contributed by atoms with Crippen LogP contribution in [0, 0.1) is 12.8 Å². The summed E-state index contributed by atoms with van der Waals surface area (Å²) in [6.45, 7) is 3.99. The van der Waals surface area contributed by atoms with Gasteiger partial charge in [0, 0.05) is 6.04 Å². The number of rotatable bonds is 4. The van der Waals surface area contributed by atoms with E-state index in [2.05, 4.69) is 12.2 Å². The van der Waals surface area contributed by atoms with Crippen molar-refractivity contribution in [3.8, 4) is 0 Å². The van der Waals surface area contributed by atoms with Crippen molar-refractivity contribution in [1.82, 2.24) is 5.32 Å². The van der Waals surface area contributed by atoms with Crippen LogP contribution < -0.4 is 5.32 Å². The van der Waals surface area contributed by atoms with Crippen LogP contribution in [0.5, 0.6) is 0 Å². The lowest BCUT2D eigenvalue weighted by Crippen LogP contribution is -2.37. The molecule has 1 aromatic rings. The fourth-order valence-electron chi connectivity index (χ4n) is 2.69. The van der Waals surface area contributed by atoms with Crippen LogP contribution in [0.15, 0.2) is 16.5 Å². The van der Waals surface area contributed by atoms with E-state index in [-0.39, 0.29) is 18.0 Å². The molecule has 0 saturated heterocycles. The van der Waals surface area contributed by atoms with Crippen molar-refractivity contribution in [2.45, 2.75) is 51.6 Å². The number of hydrogen-bond donors (Lipinski definition) is 2. The van der Waals surface area contributed by atoms with E-state index in [0.717, 1.165) is 37.2 Å². The van der Waals surface area contributed by atoms with Gasteiger partial charge in [0.25, 0.3) is 0 Å². The molecule has 1 saturated carbocycles. The third-order valence-electron chi connectivity index (χ3n) is 3.70. The molecule has 2 N–H and O–H groups in total. The molecule has 3 atom stereocenters. The van der Waals surface area contributed by atoms with Gasteiger partial charge < -0.3 is 14.8 Å². The van der Waals surface area contributed by atoms with Crippen LogP contribution >= 0.6 is 0 Å². The summed E-state index contributed by atoms with van der Waals surface area (Å²) in [4.78, 5) is 11.0. The molecule has 1 heterocycles. The molecule has 0 amide bonds. The summed E-state index contributed by atoms with van der Waals surface area (Å²) in [5, 5.41) is 12.5. The predicted molar refractivity (Wildman–Crippen MR) is 68.4 cm³/mol. The largest absolute Gasteiger partial charge is 0.481 e. The van der Waals surface area contributed by atoms with Gasteiger partial charge in [-0.25, -0.2) is 0 Å². The van der Waals surface area contributed by atoms with Crippen LogP contribution in [0.3, 0.4) is 0 Å². The van der Waals surface area contributed by atoms with Gasteiger partial charge in [-0.15, -0.1) is 0 Å². The molecule has 0 spiro atoms. The number of carboxylic acids is 1. The van der Waals surface area contributed by atoms with E-state index in [4.69, 9.17) is 9.52 Å². The molecule has 1 aromatic heterocycles. The highest BCUT2D eigenvalue weighted by Crippen LogP contribution is 2.26. The standard InChI is InChI=1S/C14H21NO3/c1-9-6-7-13(18-9)10(2)15-12-5-3-4-11(8-12)14(16)17/h6-7,10-12,15H,3-5,8H2,1-2H3,(H,16,17). The average Bonchev–Trinajstić information content (AvgIpc) is 2.76.